The highest BCUT2D eigenvalue weighted by Gasteiger charge is 2.33. The van der Waals surface area contributed by atoms with E-state index in [9.17, 15) is 9.59 Å². The number of fused-ring (bicyclic) bond motifs is 1. The molecule has 2 aromatic rings. The number of anilines is 1. The van der Waals surface area contributed by atoms with Gasteiger partial charge >= 0.3 is 6.03 Å². The standard InChI is InChI=1S/C26H33N3O4/c1-18(2)32-22-10-8-20(9-11-22)16-27-25(30)21-12-14-28(15-13-21)26(31)29-17-19(3)33-24-7-5-4-6-23(24)29/h4-11,18-19,21H,12-17H2,1-3H3,(H,27,30)/t19-/m1/s1. The molecule has 176 valence electrons. The molecular formula is C26H33N3O4. The zero-order chi connectivity index (χ0) is 23.4. The lowest BCUT2D eigenvalue weighted by atomic mass is 9.96. The van der Waals surface area contributed by atoms with Gasteiger partial charge in [0.15, 0.2) is 0 Å². The first-order valence-corrected chi connectivity index (χ1v) is 11.8. The molecule has 0 radical (unpaired) electrons. The number of carbonyl (C=O) groups excluding carboxylic acids is 2. The van der Waals surface area contributed by atoms with Crippen LogP contribution in [-0.2, 0) is 11.3 Å². The molecule has 0 spiro atoms. The van der Waals surface area contributed by atoms with Gasteiger partial charge < -0.3 is 19.7 Å². The molecule has 2 aromatic carbocycles. The SMILES string of the molecule is CC(C)Oc1ccc(CNC(=O)C2CCN(C(=O)N3C[C@@H](C)Oc4ccccc43)CC2)cc1. The van der Waals surface area contributed by atoms with Gasteiger partial charge in [0, 0.05) is 25.6 Å². The Labute approximate surface area is 195 Å². The Hall–Kier alpha value is -3.22. The molecule has 0 aliphatic carbocycles. The number of rotatable bonds is 5. The predicted molar refractivity (Wildman–Crippen MR) is 128 cm³/mol. The quantitative estimate of drug-likeness (QED) is 0.739. The minimum absolute atomic E-state index is 0.0137. The summed E-state index contributed by atoms with van der Waals surface area (Å²) >= 11 is 0. The van der Waals surface area contributed by atoms with Crippen molar-refractivity contribution in [1.29, 1.82) is 0 Å². The summed E-state index contributed by atoms with van der Waals surface area (Å²) in [5.41, 5.74) is 1.84. The fourth-order valence-electron chi connectivity index (χ4n) is 4.37. The molecule has 3 amide bonds. The van der Waals surface area contributed by atoms with Crippen molar-refractivity contribution in [2.75, 3.05) is 24.5 Å². The molecule has 4 rings (SSSR count). The highest BCUT2D eigenvalue weighted by molar-refractivity contribution is 5.94. The van der Waals surface area contributed by atoms with E-state index in [2.05, 4.69) is 5.32 Å². The Morgan fingerprint density at radius 2 is 1.79 bits per heavy atom. The number of nitrogens with one attached hydrogen (secondary N) is 1. The number of para-hydroxylation sites is 2. The number of ether oxygens (including phenoxy) is 2. The Balaban J connectivity index is 1.27. The summed E-state index contributed by atoms with van der Waals surface area (Å²) in [5.74, 6) is 1.54. The second kappa shape index (κ2) is 10.1. The van der Waals surface area contributed by atoms with E-state index in [-0.39, 0.29) is 30.1 Å². The van der Waals surface area contributed by atoms with Crippen LogP contribution in [0.4, 0.5) is 10.5 Å². The maximum Gasteiger partial charge on any atom is 0.324 e. The van der Waals surface area contributed by atoms with Gasteiger partial charge in [-0.05, 0) is 63.4 Å². The van der Waals surface area contributed by atoms with Crippen molar-refractivity contribution in [1.82, 2.24) is 10.2 Å². The molecular weight excluding hydrogens is 418 g/mol. The largest absolute Gasteiger partial charge is 0.491 e. The molecule has 1 saturated heterocycles. The number of piperidine rings is 1. The lowest BCUT2D eigenvalue weighted by Crippen LogP contribution is -2.52. The maximum atomic E-state index is 13.2. The fraction of sp³-hybridized carbons (Fsp3) is 0.462. The lowest BCUT2D eigenvalue weighted by molar-refractivity contribution is -0.126. The average molecular weight is 452 g/mol. The summed E-state index contributed by atoms with van der Waals surface area (Å²) in [6.45, 7) is 8.12. The Morgan fingerprint density at radius 1 is 1.09 bits per heavy atom. The van der Waals surface area contributed by atoms with Crippen LogP contribution in [-0.4, -0.2) is 48.7 Å². The van der Waals surface area contributed by atoms with Gasteiger partial charge in [-0.2, -0.15) is 0 Å². The van der Waals surface area contributed by atoms with E-state index in [1.54, 1.807) is 4.90 Å². The van der Waals surface area contributed by atoms with Gasteiger partial charge in [-0.25, -0.2) is 4.79 Å². The zero-order valence-corrected chi connectivity index (χ0v) is 19.6. The number of urea groups is 1. The van der Waals surface area contributed by atoms with Crippen molar-refractivity contribution in [2.24, 2.45) is 5.92 Å². The van der Waals surface area contributed by atoms with Crippen molar-refractivity contribution < 1.29 is 19.1 Å². The summed E-state index contributed by atoms with van der Waals surface area (Å²) in [6.07, 6.45) is 1.41. The molecule has 1 N–H and O–H groups in total. The number of hydrogen-bond donors (Lipinski definition) is 1. The molecule has 33 heavy (non-hydrogen) atoms. The minimum atomic E-state index is -0.0755. The van der Waals surface area contributed by atoms with E-state index in [0.717, 1.165) is 22.7 Å². The minimum Gasteiger partial charge on any atom is -0.491 e. The van der Waals surface area contributed by atoms with Crippen LogP contribution in [0.25, 0.3) is 0 Å². The van der Waals surface area contributed by atoms with E-state index in [1.165, 1.54) is 0 Å². The van der Waals surface area contributed by atoms with Gasteiger partial charge in [-0.15, -0.1) is 0 Å². The summed E-state index contributed by atoms with van der Waals surface area (Å²) < 4.78 is 11.5. The summed E-state index contributed by atoms with van der Waals surface area (Å²) in [6, 6.07) is 15.4. The first-order valence-electron chi connectivity index (χ1n) is 11.8. The van der Waals surface area contributed by atoms with Crippen LogP contribution in [0.2, 0.25) is 0 Å². The highest BCUT2D eigenvalue weighted by atomic mass is 16.5. The summed E-state index contributed by atoms with van der Waals surface area (Å²) in [7, 11) is 0. The van der Waals surface area contributed by atoms with E-state index in [4.69, 9.17) is 9.47 Å². The number of benzene rings is 2. The molecule has 1 fully saturated rings. The Kier molecular flexibility index (Phi) is 7.06. The van der Waals surface area contributed by atoms with Gasteiger partial charge in [0.2, 0.25) is 5.91 Å². The third kappa shape index (κ3) is 5.59. The second-order valence-electron chi connectivity index (χ2n) is 9.08. The topological polar surface area (TPSA) is 71.1 Å². The van der Waals surface area contributed by atoms with Crippen molar-refractivity contribution in [3.05, 3.63) is 54.1 Å². The normalized spacial score (nSPS) is 18.5. The number of likely N-dealkylation sites (tertiary alicyclic amines) is 1. The smallest absolute Gasteiger partial charge is 0.324 e. The van der Waals surface area contributed by atoms with Crippen LogP contribution in [0.1, 0.15) is 39.2 Å². The van der Waals surface area contributed by atoms with E-state index in [1.807, 2.05) is 74.2 Å². The van der Waals surface area contributed by atoms with Gasteiger partial charge in [0.1, 0.15) is 17.6 Å². The zero-order valence-electron chi connectivity index (χ0n) is 19.6. The lowest BCUT2D eigenvalue weighted by Gasteiger charge is -2.39. The monoisotopic (exact) mass is 451 g/mol. The summed E-state index contributed by atoms with van der Waals surface area (Å²) in [4.78, 5) is 29.6. The molecule has 0 unspecified atom stereocenters. The second-order valence-corrected chi connectivity index (χ2v) is 9.08. The first-order chi connectivity index (χ1) is 15.9. The van der Waals surface area contributed by atoms with Crippen LogP contribution >= 0.6 is 0 Å². The maximum absolute atomic E-state index is 13.2. The van der Waals surface area contributed by atoms with Gasteiger partial charge in [0.05, 0.1) is 18.3 Å². The van der Waals surface area contributed by atoms with Crippen LogP contribution < -0.4 is 19.7 Å². The van der Waals surface area contributed by atoms with Crippen molar-refractivity contribution in [3.63, 3.8) is 0 Å². The highest BCUT2D eigenvalue weighted by Crippen LogP contribution is 2.34. The molecule has 1 atom stereocenters. The number of hydrogen-bond acceptors (Lipinski definition) is 4. The third-order valence-corrected chi connectivity index (χ3v) is 6.05. The van der Waals surface area contributed by atoms with Crippen molar-refractivity contribution in [3.8, 4) is 11.5 Å². The summed E-state index contributed by atoms with van der Waals surface area (Å²) in [5, 5.41) is 3.05. The average Bonchev–Trinajstić information content (AvgIpc) is 2.82. The molecule has 0 bridgehead atoms. The van der Waals surface area contributed by atoms with E-state index < -0.39 is 0 Å². The van der Waals surface area contributed by atoms with E-state index >= 15 is 0 Å². The van der Waals surface area contributed by atoms with Crippen LogP contribution in [0.5, 0.6) is 11.5 Å². The molecule has 2 aliphatic rings. The molecule has 7 nitrogen and oxygen atoms in total. The fourth-order valence-corrected chi connectivity index (χ4v) is 4.37. The number of amides is 3. The van der Waals surface area contributed by atoms with Crippen LogP contribution in [0, 0.1) is 5.92 Å². The molecule has 0 aromatic heterocycles. The van der Waals surface area contributed by atoms with Crippen LogP contribution in [0.3, 0.4) is 0 Å². The van der Waals surface area contributed by atoms with Gasteiger partial charge in [0.25, 0.3) is 0 Å². The van der Waals surface area contributed by atoms with Gasteiger partial charge in [-0.3, -0.25) is 9.69 Å². The predicted octanol–water partition coefficient (Wildman–Crippen LogP) is 4.21. The molecule has 2 aliphatic heterocycles. The Morgan fingerprint density at radius 3 is 2.48 bits per heavy atom. The first kappa shape index (κ1) is 23.0. The van der Waals surface area contributed by atoms with Gasteiger partial charge in [-0.1, -0.05) is 24.3 Å². The number of nitrogens with zero attached hydrogens (tertiary/aromatic N) is 2. The van der Waals surface area contributed by atoms with Crippen molar-refractivity contribution in [2.45, 2.75) is 52.4 Å². The molecule has 2 heterocycles. The van der Waals surface area contributed by atoms with E-state index in [0.29, 0.717) is 39.0 Å². The Bertz CT molecular complexity index is 968. The molecule has 7 heteroatoms. The number of carbonyl (C=O) groups is 2. The van der Waals surface area contributed by atoms with Crippen molar-refractivity contribution >= 4 is 17.6 Å². The molecule has 0 saturated carbocycles. The van der Waals surface area contributed by atoms with Crippen LogP contribution in [0.15, 0.2) is 48.5 Å². The third-order valence-electron chi connectivity index (χ3n) is 6.05.